The van der Waals surface area contributed by atoms with E-state index in [0.29, 0.717) is 25.7 Å². The summed E-state index contributed by atoms with van der Waals surface area (Å²) in [6.07, 6.45) is 3.15. The number of nitrogens with zero attached hydrogens (tertiary/aromatic N) is 2. The van der Waals surface area contributed by atoms with Crippen LogP contribution in [0.1, 0.15) is 37.4 Å². The summed E-state index contributed by atoms with van der Waals surface area (Å²) in [7, 11) is 0. The van der Waals surface area contributed by atoms with Gasteiger partial charge in [0, 0.05) is 32.1 Å². The fraction of sp³-hybridized carbons (Fsp3) is 0.632. The lowest BCUT2D eigenvalue weighted by Crippen LogP contribution is -2.42. The molecule has 2 atom stereocenters. The first kappa shape index (κ1) is 17.4. The van der Waals surface area contributed by atoms with Gasteiger partial charge in [0.05, 0.1) is 19.3 Å². The maximum atomic E-state index is 12.3. The summed E-state index contributed by atoms with van der Waals surface area (Å²) in [6.45, 7) is 4.57. The number of ether oxygens (including phenoxy) is 1. The van der Waals surface area contributed by atoms with Gasteiger partial charge in [-0.25, -0.2) is 0 Å². The summed E-state index contributed by atoms with van der Waals surface area (Å²) in [5.74, 6) is 0.229. The van der Waals surface area contributed by atoms with Crippen molar-refractivity contribution in [3.8, 4) is 0 Å². The Hall–Kier alpha value is -1.43. The van der Waals surface area contributed by atoms with Crippen molar-refractivity contribution in [2.75, 3.05) is 39.4 Å². The Labute approximate surface area is 144 Å². The van der Waals surface area contributed by atoms with Crippen molar-refractivity contribution in [3.05, 3.63) is 35.9 Å². The van der Waals surface area contributed by atoms with Gasteiger partial charge in [0.2, 0.25) is 5.91 Å². The van der Waals surface area contributed by atoms with Crippen molar-refractivity contribution in [2.45, 2.75) is 37.8 Å². The van der Waals surface area contributed by atoms with E-state index >= 15 is 0 Å². The van der Waals surface area contributed by atoms with Crippen LogP contribution >= 0.6 is 0 Å². The van der Waals surface area contributed by atoms with Crippen LogP contribution < -0.4 is 0 Å². The molecular weight excluding hydrogens is 304 g/mol. The van der Waals surface area contributed by atoms with Crippen molar-refractivity contribution < 1.29 is 14.6 Å². The zero-order valence-corrected chi connectivity index (χ0v) is 14.3. The van der Waals surface area contributed by atoms with Crippen LogP contribution in [0.25, 0.3) is 0 Å². The normalized spacial score (nSPS) is 23.4. The molecule has 1 amide bonds. The fourth-order valence-corrected chi connectivity index (χ4v) is 3.74. The second kappa shape index (κ2) is 8.60. The molecule has 2 aliphatic heterocycles. The number of benzene rings is 1. The van der Waals surface area contributed by atoms with Gasteiger partial charge in [-0.1, -0.05) is 30.3 Å². The lowest BCUT2D eigenvalue weighted by Gasteiger charge is -2.29. The molecule has 24 heavy (non-hydrogen) atoms. The van der Waals surface area contributed by atoms with Gasteiger partial charge in [0.25, 0.3) is 0 Å². The molecular formula is C19H28N2O3. The lowest BCUT2D eigenvalue weighted by molar-refractivity contribution is -0.135. The molecule has 1 aromatic rings. The minimum absolute atomic E-state index is 0.229. The van der Waals surface area contributed by atoms with E-state index in [-0.39, 0.29) is 5.91 Å². The number of aliphatic hydroxyl groups is 1. The molecule has 2 heterocycles. The molecule has 0 unspecified atom stereocenters. The summed E-state index contributed by atoms with van der Waals surface area (Å²) >= 11 is 0. The largest absolute Gasteiger partial charge is 0.388 e. The van der Waals surface area contributed by atoms with Gasteiger partial charge >= 0.3 is 0 Å². The molecule has 1 N–H and O–H groups in total. The third-order valence-electron chi connectivity index (χ3n) is 5.16. The Morgan fingerprint density at radius 2 is 1.96 bits per heavy atom. The number of likely N-dealkylation sites (tertiary alicyclic amines) is 1. The molecule has 0 bridgehead atoms. The molecule has 1 aromatic carbocycles. The van der Waals surface area contributed by atoms with Crippen LogP contribution in [0, 0.1) is 0 Å². The van der Waals surface area contributed by atoms with Crippen LogP contribution in [-0.4, -0.2) is 66.2 Å². The van der Waals surface area contributed by atoms with E-state index in [4.69, 9.17) is 4.74 Å². The Morgan fingerprint density at radius 3 is 2.71 bits per heavy atom. The minimum Gasteiger partial charge on any atom is -0.388 e. The van der Waals surface area contributed by atoms with Crippen LogP contribution in [0.2, 0.25) is 0 Å². The summed E-state index contributed by atoms with van der Waals surface area (Å²) < 4.78 is 5.30. The van der Waals surface area contributed by atoms with Crippen LogP contribution in [0.4, 0.5) is 0 Å². The van der Waals surface area contributed by atoms with Crippen LogP contribution in [-0.2, 0) is 9.53 Å². The number of carbonyl (C=O) groups excluding carboxylic acids is 1. The van der Waals surface area contributed by atoms with Crippen LogP contribution in [0.3, 0.4) is 0 Å². The average Bonchev–Trinajstić information content (AvgIpc) is 3.08. The molecule has 0 radical (unpaired) electrons. The summed E-state index contributed by atoms with van der Waals surface area (Å²) in [4.78, 5) is 16.6. The molecule has 2 aliphatic rings. The van der Waals surface area contributed by atoms with E-state index in [0.717, 1.165) is 51.0 Å². The molecule has 5 nitrogen and oxygen atoms in total. The standard InChI is InChI=1S/C19H28N2O3/c22-18(16-5-2-1-3-6-16)15-17-7-4-9-20(17)10-8-19(23)21-11-13-24-14-12-21/h1-3,5-6,17-18,22H,4,7-15H2/t17-,18-/m1/s1. The van der Waals surface area contributed by atoms with E-state index in [1.54, 1.807) is 0 Å². The summed E-state index contributed by atoms with van der Waals surface area (Å²) in [5.41, 5.74) is 0.980. The predicted octanol–water partition coefficient (Wildman–Crippen LogP) is 1.82. The van der Waals surface area contributed by atoms with Crippen molar-refractivity contribution in [1.29, 1.82) is 0 Å². The third kappa shape index (κ3) is 4.56. The lowest BCUT2D eigenvalue weighted by atomic mass is 10.0. The smallest absolute Gasteiger partial charge is 0.224 e. The highest BCUT2D eigenvalue weighted by Gasteiger charge is 2.28. The highest BCUT2D eigenvalue weighted by atomic mass is 16.5. The van der Waals surface area contributed by atoms with Gasteiger partial charge in [-0.15, -0.1) is 0 Å². The van der Waals surface area contributed by atoms with Gasteiger partial charge in [0.15, 0.2) is 0 Å². The van der Waals surface area contributed by atoms with Crippen LogP contribution in [0.15, 0.2) is 30.3 Å². The maximum Gasteiger partial charge on any atom is 0.224 e. The molecule has 0 spiro atoms. The number of aliphatic hydroxyl groups excluding tert-OH is 1. The molecule has 0 aromatic heterocycles. The van der Waals surface area contributed by atoms with E-state index in [2.05, 4.69) is 4.90 Å². The van der Waals surface area contributed by atoms with Crippen molar-refractivity contribution in [3.63, 3.8) is 0 Å². The first-order valence-corrected chi connectivity index (χ1v) is 9.06. The number of hydrogen-bond acceptors (Lipinski definition) is 4. The first-order chi connectivity index (χ1) is 11.7. The van der Waals surface area contributed by atoms with Gasteiger partial charge in [0.1, 0.15) is 0 Å². The Kier molecular flexibility index (Phi) is 6.24. The molecule has 5 heteroatoms. The van der Waals surface area contributed by atoms with Crippen molar-refractivity contribution in [2.24, 2.45) is 0 Å². The van der Waals surface area contributed by atoms with Gasteiger partial charge in [-0.3, -0.25) is 9.69 Å². The Balaban J connectivity index is 1.47. The van der Waals surface area contributed by atoms with E-state index < -0.39 is 6.10 Å². The Morgan fingerprint density at radius 1 is 1.21 bits per heavy atom. The minimum atomic E-state index is -0.424. The fourth-order valence-electron chi connectivity index (χ4n) is 3.74. The zero-order valence-electron chi connectivity index (χ0n) is 14.3. The van der Waals surface area contributed by atoms with E-state index in [9.17, 15) is 9.90 Å². The molecule has 2 saturated heterocycles. The van der Waals surface area contributed by atoms with Crippen LogP contribution in [0.5, 0.6) is 0 Å². The number of amides is 1. The summed E-state index contributed by atoms with van der Waals surface area (Å²) in [6, 6.07) is 10.2. The highest BCUT2D eigenvalue weighted by molar-refractivity contribution is 5.76. The van der Waals surface area contributed by atoms with Crippen molar-refractivity contribution >= 4 is 5.91 Å². The predicted molar refractivity (Wildman–Crippen MR) is 92.6 cm³/mol. The Bertz CT molecular complexity index is 517. The average molecular weight is 332 g/mol. The van der Waals surface area contributed by atoms with Gasteiger partial charge in [-0.05, 0) is 31.4 Å². The number of carbonyl (C=O) groups is 1. The quantitative estimate of drug-likeness (QED) is 0.863. The van der Waals surface area contributed by atoms with E-state index in [1.807, 2.05) is 35.2 Å². The van der Waals surface area contributed by atoms with Gasteiger partial charge in [-0.2, -0.15) is 0 Å². The monoisotopic (exact) mass is 332 g/mol. The first-order valence-electron chi connectivity index (χ1n) is 9.06. The zero-order chi connectivity index (χ0) is 16.8. The number of morpholine rings is 1. The molecule has 0 saturated carbocycles. The second-order valence-electron chi connectivity index (χ2n) is 6.74. The third-order valence-corrected chi connectivity index (χ3v) is 5.16. The maximum absolute atomic E-state index is 12.3. The van der Waals surface area contributed by atoms with Crippen molar-refractivity contribution in [1.82, 2.24) is 9.80 Å². The molecule has 0 aliphatic carbocycles. The summed E-state index contributed by atoms with van der Waals surface area (Å²) in [5, 5.41) is 10.5. The molecule has 3 rings (SSSR count). The molecule has 2 fully saturated rings. The number of hydrogen-bond donors (Lipinski definition) is 1. The SMILES string of the molecule is O=C(CCN1CCC[C@@H]1C[C@@H](O)c1ccccc1)N1CCOCC1. The topological polar surface area (TPSA) is 53.0 Å². The van der Waals surface area contributed by atoms with Gasteiger partial charge < -0.3 is 14.7 Å². The highest BCUT2D eigenvalue weighted by Crippen LogP contribution is 2.27. The second-order valence-corrected chi connectivity index (χ2v) is 6.74. The molecule has 132 valence electrons. The van der Waals surface area contributed by atoms with E-state index in [1.165, 1.54) is 0 Å². The number of rotatable bonds is 6.